The molecule has 1 fully saturated rings. The Hall–Kier alpha value is -0.910. The molecular weight excluding hydrogens is 272 g/mol. The number of rotatable bonds is 4. The first kappa shape index (κ1) is 15.5. The van der Waals surface area contributed by atoms with Crippen molar-refractivity contribution >= 4 is 10.0 Å². The zero-order valence-electron chi connectivity index (χ0n) is 12.5. The van der Waals surface area contributed by atoms with Crippen molar-refractivity contribution in [3.63, 3.8) is 0 Å². The molecule has 1 N–H and O–H groups in total. The molecule has 1 aliphatic heterocycles. The average Bonchev–Trinajstić information content (AvgIpc) is 2.46. The highest BCUT2D eigenvalue weighted by Gasteiger charge is 2.35. The van der Waals surface area contributed by atoms with Crippen molar-refractivity contribution in [3.05, 3.63) is 29.8 Å². The maximum Gasteiger partial charge on any atom is 0.243 e. The van der Waals surface area contributed by atoms with E-state index in [0.29, 0.717) is 11.4 Å². The number of piperazine rings is 1. The predicted octanol–water partition coefficient (Wildman–Crippen LogP) is 2.15. The highest BCUT2D eigenvalue weighted by molar-refractivity contribution is 7.89. The summed E-state index contributed by atoms with van der Waals surface area (Å²) < 4.78 is 27.6. The molecule has 0 spiro atoms. The third-order valence-corrected chi connectivity index (χ3v) is 6.17. The van der Waals surface area contributed by atoms with E-state index in [1.807, 2.05) is 26.0 Å². The molecule has 1 aromatic rings. The lowest BCUT2D eigenvalue weighted by Gasteiger charge is -2.39. The fraction of sp³-hybridized carbons (Fsp3) is 0.600. The molecule has 1 aromatic carbocycles. The summed E-state index contributed by atoms with van der Waals surface area (Å²) in [5.74, 6) is 0. The quantitative estimate of drug-likeness (QED) is 0.926. The second-order valence-electron chi connectivity index (χ2n) is 5.42. The van der Waals surface area contributed by atoms with E-state index in [2.05, 4.69) is 12.2 Å². The van der Waals surface area contributed by atoms with Crippen LogP contribution < -0.4 is 5.32 Å². The third kappa shape index (κ3) is 2.90. The average molecular weight is 296 g/mol. The number of hydrogen-bond acceptors (Lipinski definition) is 3. The van der Waals surface area contributed by atoms with Crippen molar-refractivity contribution in [1.82, 2.24) is 9.62 Å². The lowest BCUT2D eigenvalue weighted by Crippen LogP contribution is -2.57. The summed E-state index contributed by atoms with van der Waals surface area (Å²) in [7, 11) is -3.40. The number of aryl methyl sites for hydroxylation is 1. The zero-order chi connectivity index (χ0) is 14.8. The van der Waals surface area contributed by atoms with Crippen LogP contribution in [0.5, 0.6) is 0 Å². The largest absolute Gasteiger partial charge is 0.311 e. The van der Waals surface area contributed by atoms with Gasteiger partial charge in [0.25, 0.3) is 0 Å². The van der Waals surface area contributed by atoms with E-state index in [0.717, 1.165) is 24.9 Å². The van der Waals surface area contributed by atoms with Gasteiger partial charge >= 0.3 is 0 Å². The number of nitrogens with one attached hydrogen (secondary N) is 1. The normalized spacial score (nSPS) is 24.8. The molecule has 0 aromatic heterocycles. The monoisotopic (exact) mass is 296 g/mol. The van der Waals surface area contributed by atoms with Gasteiger partial charge in [0.05, 0.1) is 4.90 Å². The molecule has 0 bridgehead atoms. The van der Waals surface area contributed by atoms with Crippen molar-refractivity contribution in [2.24, 2.45) is 0 Å². The summed E-state index contributed by atoms with van der Waals surface area (Å²) in [6, 6.07) is 7.52. The van der Waals surface area contributed by atoms with Gasteiger partial charge in [-0.1, -0.05) is 32.0 Å². The van der Waals surface area contributed by atoms with Crippen molar-refractivity contribution < 1.29 is 8.42 Å². The van der Waals surface area contributed by atoms with E-state index < -0.39 is 10.0 Å². The van der Waals surface area contributed by atoms with E-state index in [-0.39, 0.29) is 12.1 Å². The number of benzene rings is 1. The maximum atomic E-state index is 12.9. The van der Waals surface area contributed by atoms with Gasteiger partial charge in [-0.2, -0.15) is 4.31 Å². The van der Waals surface area contributed by atoms with Gasteiger partial charge in [-0.25, -0.2) is 8.42 Å². The molecule has 0 saturated carbocycles. The fourth-order valence-corrected chi connectivity index (χ4v) is 4.69. The van der Waals surface area contributed by atoms with Gasteiger partial charge in [-0.05, 0) is 31.4 Å². The van der Waals surface area contributed by atoms with Crippen LogP contribution in [0.25, 0.3) is 0 Å². The summed E-state index contributed by atoms with van der Waals surface area (Å²) in [4.78, 5) is 0.440. The minimum absolute atomic E-state index is 0.0439. The Morgan fingerprint density at radius 1 is 1.25 bits per heavy atom. The molecule has 1 saturated heterocycles. The molecule has 1 heterocycles. The van der Waals surface area contributed by atoms with E-state index in [1.165, 1.54) is 0 Å². The first-order valence-corrected chi connectivity index (χ1v) is 8.75. The van der Waals surface area contributed by atoms with Crippen LogP contribution in [-0.4, -0.2) is 37.9 Å². The molecule has 0 aliphatic carbocycles. The Labute approximate surface area is 122 Å². The van der Waals surface area contributed by atoms with E-state index in [9.17, 15) is 8.42 Å². The van der Waals surface area contributed by atoms with Gasteiger partial charge < -0.3 is 5.32 Å². The van der Waals surface area contributed by atoms with Crippen LogP contribution in [0.2, 0.25) is 0 Å². The van der Waals surface area contributed by atoms with Crippen molar-refractivity contribution in [2.75, 3.05) is 13.1 Å². The van der Waals surface area contributed by atoms with Crippen molar-refractivity contribution in [3.8, 4) is 0 Å². The van der Waals surface area contributed by atoms with Crippen LogP contribution in [0, 0.1) is 6.92 Å². The minimum atomic E-state index is -3.40. The molecular formula is C15H24N2O2S. The van der Waals surface area contributed by atoms with E-state index >= 15 is 0 Å². The number of sulfonamides is 1. The molecule has 0 amide bonds. The zero-order valence-corrected chi connectivity index (χ0v) is 13.3. The highest BCUT2D eigenvalue weighted by atomic mass is 32.2. The minimum Gasteiger partial charge on any atom is -0.311 e. The van der Waals surface area contributed by atoms with Gasteiger partial charge in [0.15, 0.2) is 0 Å². The predicted molar refractivity (Wildman–Crippen MR) is 81.2 cm³/mol. The van der Waals surface area contributed by atoms with Gasteiger partial charge in [-0.3, -0.25) is 0 Å². The molecule has 2 atom stereocenters. The summed E-state index contributed by atoms with van der Waals surface area (Å²) in [5.41, 5.74) is 0.814. The molecule has 2 unspecified atom stereocenters. The summed E-state index contributed by atoms with van der Waals surface area (Å²) in [6.07, 6.45) is 1.77. The molecule has 20 heavy (non-hydrogen) atoms. The summed E-state index contributed by atoms with van der Waals surface area (Å²) in [6.45, 7) is 7.28. The second kappa shape index (κ2) is 6.24. The smallest absolute Gasteiger partial charge is 0.243 e. The van der Waals surface area contributed by atoms with E-state index in [1.54, 1.807) is 16.4 Å². The molecule has 112 valence electrons. The summed E-state index contributed by atoms with van der Waals surface area (Å²) in [5, 5.41) is 3.43. The first-order chi connectivity index (χ1) is 9.50. The van der Waals surface area contributed by atoms with Crippen LogP contribution in [0.4, 0.5) is 0 Å². The SMILES string of the molecule is CCC1CN(S(=O)(=O)c2ccccc2C)C(CC)CN1. The molecule has 1 aliphatic rings. The third-order valence-electron chi connectivity index (χ3n) is 4.09. The first-order valence-electron chi connectivity index (χ1n) is 7.31. The van der Waals surface area contributed by atoms with Crippen LogP contribution in [0.1, 0.15) is 32.3 Å². The highest BCUT2D eigenvalue weighted by Crippen LogP contribution is 2.24. The van der Waals surface area contributed by atoms with Crippen LogP contribution in [0.3, 0.4) is 0 Å². The number of hydrogen-bond donors (Lipinski definition) is 1. The lowest BCUT2D eigenvalue weighted by molar-refractivity contribution is 0.215. The van der Waals surface area contributed by atoms with Crippen molar-refractivity contribution in [1.29, 1.82) is 0 Å². The lowest BCUT2D eigenvalue weighted by atomic mass is 10.1. The van der Waals surface area contributed by atoms with Gasteiger partial charge in [0, 0.05) is 25.2 Å². The standard InChI is InChI=1S/C15H24N2O2S/c1-4-13-11-17(14(5-2)10-16-13)20(18,19)15-9-7-6-8-12(15)3/h6-9,13-14,16H,4-5,10-11H2,1-3H3. The Morgan fingerprint density at radius 3 is 2.55 bits per heavy atom. The Balaban J connectivity index is 2.38. The van der Waals surface area contributed by atoms with Crippen molar-refractivity contribution in [2.45, 2.75) is 50.6 Å². The maximum absolute atomic E-state index is 12.9. The van der Waals surface area contributed by atoms with Gasteiger partial charge in [-0.15, -0.1) is 0 Å². The fourth-order valence-electron chi connectivity index (χ4n) is 2.72. The Morgan fingerprint density at radius 2 is 1.95 bits per heavy atom. The van der Waals surface area contributed by atoms with E-state index in [4.69, 9.17) is 0 Å². The molecule has 4 nitrogen and oxygen atoms in total. The van der Waals surface area contributed by atoms with Crippen LogP contribution in [0.15, 0.2) is 29.2 Å². The molecule has 2 rings (SSSR count). The van der Waals surface area contributed by atoms with Crippen LogP contribution in [-0.2, 0) is 10.0 Å². The number of nitrogens with zero attached hydrogens (tertiary/aromatic N) is 1. The summed E-state index contributed by atoms with van der Waals surface area (Å²) >= 11 is 0. The topological polar surface area (TPSA) is 49.4 Å². The van der Waals surface area contributed by atoms with Crippen LogP contribution >= 0.6 is 0 Å². The van der Waals surface area contributed by atoms with Gasteiger partial charge in [0.1, 0.15) is 0 Å². The Bertz CT molecular complexity index is 557. The second-order valence-corrected chi connectivity index (χ2v) is 7.27. The molecule has 5 heteroatoms. The van der Waals surface area contributed by atoms with Gasteiger partial charge in [0.2, 0.25) is 10.0 Å². The molecule has 0 radical (unpaired) electrons. The Kier molecular flexibility index (Phi) is 4.83.